The van der Waals surface area contributed by atoms with Gasteiger partial charge in [-0.15, -0.1) is 0 Å². The summed E-state index contributed by atoms with van der Waals surface area (Å²) in [7, 11) is 1.82. The number of imidazole rings is 1. The molecule has 1 heterocycles. The summed E-state index contributed by atoms with van der Waals surface area (Å²) < 4.78 is 31.0. The summed E-state index contributed by atoms with van der Waals surface area (Å²) in [6.45, 7) is 2.33. The van der Waals surface area contributed by atoms with Crippen LogP contribution in [0.1, 0.15) is 33.0 Å². The molecule has 0 aliphatic rings. The highest BCUT2D eigenvalue weighted by Crippen LogP contribution is 2.27. The molecule has 0 saturated carbocycles. The third-order valence-corrected chi connectivity index (χ3v) is 3.48. The molecule has 23 heavy (non-hydrogen) atoms. The van der Waals surface area contributed by atoms with E-state index < -0.39 is 6.61 Å². The maximum atomic E-state index is 12.4. The van der Waals surface area contributed by atoms with Gasteiger partial charge in [-0.3, -0.25) is 4.79 Å². The molecule has 2 rings (SSSR count). The van der Waals surface area contributed by atoms with Crippen LogP contribution in [0.5, 0.6) is 5.75 Å². The van der Waals surface area contributed by atoms with Crippen molar-refractivity contribution in [3.8, 4) is 5.75 Å². The molecule has 0 spiro atoms. The summed E-state index contributed by atoms with van der Waals surface area (Å²) in [6.07, 6.45) is 4.72. The largest absolute Gasteiger partial charge is 0.434 e. The number of nitrogens with zero attached hydrogens (tertiary/aromatic N) is 2. The van der Waals surface area contributed by atoms with Crippen molar-refractivity contribution in [2.75, 3.05) is 0 Å². The third-order valence-electron chi connectivity index (χ3n) is 3.48. The van der Waals surface area contributed by atoms with Crippen LogP contribution in [-0.2, 0) is 7.05 Å². The molecule has 1 aromatic heterocycles. The van der Waals surface area contributed by atoms with E-state index in [-0.39, 0.29) is 11.5 Å². The molecule has 0 unspecified atom stereocenters. The molecule has 0 fully saturated rings. The first-order valence-electron chi connectivity index (χ1n) is 7.06. The van der Waals surface area contributed by atoms with Gasteiger partial charge in [0, 0.05) is 13.2 Å². The number of hydrogen-bond donors (Lipinski definition) is 0. The number of carbonyl (C=O) groups excluding carboxylic acids is 1. The van der Waals surface area contributed by atoms with Gasteiger partial charge in [-0.25, -0.2) is 4.98 Å². The third kappa shape index (κ3) is 4.03. The molecule has 0 saturated heterocycles. The molecule has 0 amide bonds. The van der Waals surface area contributed by atoms with Crippen LogP contribution in [0, 0.1) is 20.8 Å². The lowest BCUT2D eigenvalue weighted by atomic mass is 10.0. The van der Waals surface area contributed by atoms with Crippen LogP contribution < -0.4 is 4.74 Å². The minimum absolute atomic E-state index is 0.170. The van der Waals surface area contributed by atoms with E-state index in [0.717, 1.165) is 11.4 Å². The first kappa shape index (κ1) is 16.9. The van der Waals surface area contributed by atoms with Gasteiger partial charge >= 0.3 is 6.61 Å². The Bertz CT molecular complexity index is 721. The molecule has 0 radical (unpaired) electrons. The monoisotopic (exact) mass is 320 g/mol. The van der Waals surface area contributed by atoms with Gasteiger partial charge in [0.05, 0.1) is 0 Å². The lowest BCUT2D eigenvalue weighted by Gasteiger charge is -2.12. The lowest BCUT2D eigenvalue weighted by molar-refractivity contribution is -0.0507. The number of rotatable bonds is 5. The number of ether oxygens (including phenoxy) is 1. The van der Waals surface area contributed by atoms with Crippen LogP contribution in [0.2, 0.25) is 0 Å². The molecule has 4 nitrogen and oxygen atoms in total. The van der Waals surface area contributed by atoms with Crippen LogP contribution in [0.3, 0.4) is 0 Å². The maximum absolute atomic E-state index is 12.4. The second-order valence-electron chi connectivity index (χ2n) is 5.34. The Morgan fingerprint density at radius 2 is 1.87 bits per heavy atom. The molecule has 0 atom stereocenters. The van der Waals surface area contributed by atoms with E-state index in [1.54, 1.807) is 42.8 Å². The number of aryl methyl sites for hydroxylation is 4. The summed E-state index contributed by atoms with van der Waals surface area (Å²) >= 11 is 0. The highest BCUT2D eigenvalue weighted by molar-refractivity contribution is 6.05. The van der Waals surface area contributed by atoms with Crippen molar-refractivity contribution in [1.82, 2.24) is 9.55 Å². The standard InChI is InChI=1S/C17H18F2N2O2/c1-10-7-13(8-11(2)16(10)23-17(18)19)5-6-15(22)14-9-21(4)12(3)20-14/h5-9,17H,1-4H3/b6-5+. The average Bonchev–Trinajstić information content (AvgIpc) is 2.80. The fraction of sp³-hybridized carbons (Fsp3) is 0.294. The summed E-state index contributed by atoms with van der Waals surface area (Å²) in [4.78, 5) is 16.2. The van der Waals surface area contributed by atoms with Gasteiger partial charge in [-0.1, -0.05) is 6.08 Å². The zero-order valence-corrected chi connectivity index (χ0v) is 13.4. The van der Waals surface area contributed by atoms with E-state index >= 15 is 0 Å². The highest BCUT2D eigenvalue weighted by Gasteiger charge is 2.11. The summed E-state index contributed by atoms with van der Waals surface area (Å²) in [5.41, 5.74) is 2.28. The number of halogens is 2. The smallest absolute Gasteiger partial charge is 0.387 e. The molecular weight excluding hydrogens is 302 g/mol. The highest BCUT2D eigenvalue weighted by atomic mass is 19.3. The van der Waals surface area contributed by atoms with Crippen molar-refractivity contribution >= 4 is 11.9 Å². The van der Waals surface area contributed by atoms with Crippen LogP contribution in [-0.4, -0.2) is 21.9 Å². The molecular formula is C17H18F2N2O2. The number of benzene rings is 1. The lowest BCUT2D eigenvalue weighted by Crippen LogP contribution is -2.05. The fourth-order valence-electron chi connectivity index (χ4n) is 2.29. The average molecular weight is 320 g/mol. The summed E-state index contributed by atoms with van der Waals surface area (Å²) in [5, 5.41) is 0. The quantitative estimate of drug-likeness (QED) is 0.621. The molecule has 6 heteroatoms. The minimum Gasteiger partial charge on any atom is -0.434 e. The summed E-state index contributed by atoms with van der Waals surface area (Å²) in [6, 6.07) is 3.39. The molecule has 0 bridgehead atoms. The van der Waals surface area contributed by atoms with Gasteiger partial charge in [0.25, 0.3) is 0 Å². The number of hydrogen-bond acceptors (Lipinski definition) is 3. The van der Waals surface area contributed by atoms with Crippen LogP contribution in [0.4, 0.5) is 8.78 Å². The summed E-state index contributed by atoms with van der Waals surface area (Å²) in [5.74, 6) is 0.711. The molecule has 2 aromatic rings. The topological polar surface area (TPSA) is 44.1 Å². The van der Waals surface area contributed by atoms with E-state index in [2.05, 4.69) is 9.72 Å². The van der Waals surface area contributed by atoms with Crippen molar-refractivity contribution in [2.24, 2.45) is 7.05 Å². The molecule has 0 N–H and O–H groups in total. The maximum Gasteiger partial charge on any atom is 0.387 e. The zero-order valence-electron chi connectivity index (χ0n) is 13.4. The van der Waals surface area contributed by atoms with Crippen LogP contribution >= 0.6 is 0 Å². The Labute approximate surface area is 133 Å². The second kappa shape index (κ2) is 6.73. The normalized spacial score (nSPS) is 11.4. The Morgan fingerprint density at radius 1 is 1.26 bits per heavy atom. The van der Waals surface area contributed by atoms with Crippen LogP contribution in [0.15, 0.2) is 24.4 Å². The molecule has 0 aliphatic carbocycles. The van der Waals surface area contributed by atoms with Crippen molar-refractivity contribution in [3.63, 3.8) is 0 Å². The number of allylic oxidation sites excluding steroid dienone is 1. The van der Waals surface area contributed by atoms with Gasteiger partial charge in [-0.2, -0.15) is 8.78 Å². The second-order valence-corrected chi connectivity index (χ2v) is 5.34. The molecule has 122 valence electrons. The Hall–Kier alpha value is -2.50. The van der Waals surface area contributed by atoms with Crippen LogP contribution in [0.25, 0.3) is 6.08 Å². The van der Waals surface area contributed by atoms with Gasteiger partial charge in [0.2, 0.25) is 5.78 Å². The van der Waals surface area contributed by atoms with E-state index in [1.807, 2.05) is 14.0 Å². The molecule has 1 aromatic carbocycles. The SMILES string of the molecule is Cc1cc(/C=C/C(=O)c2cn(C)c(C)n2)cc(C)c1OC(F)F. The predicted molar refractivity (Wildman–Crippen MR) is 83.9 cm³/mol. The Balaban J connectivity index is 2.21. The molecule has 0 aliphatic heterocycles. The number of aromatic nitrogens is 2. The predicted octanol–water partition coefficient (Wildman–Crippen LogP) is 3.84. The zero-order chi connectivity index (χ0) is 17.1. The van der Waals surface area contributed by atoms with E-state index in [4.69, 9.17) is 0 Å². The van der Waals surface area contributed by atoms with Crippen molar-refractivity contribution in [3.05, 3.63) is 52.6 Å². The van der Waals surface area contributed by atoms with Crippen molar-refractivity contribution in [2.45, 2.75) is 27.4 Å². The number of ketones is 1. The first-order valence-corrected chi connectivity index (χ1v) is 7.06. The van der Waals surface area contributed by atoms with E-state index in [9.17, 15) is 13.6 Å². The number of alkyl halides is 2. The van der Waals surface area contributed by atoms with Gasteiger partial charge in [-0.05, 0) is 55.7 Å². The van der Waals surface area contributed by atoms with E-state index in [0.29, 0.717) is 16.8 Å². The fourth-order valence-corrected chi connectivity index (χ4v) is 2.29. The Kier molecular flexibility index (Phi) is 4.93. The van der Waals surface area contributed by atoms with E-state index in [1.165, 1.54) is 6.08 Å². The van der Waals surface area contributed by atoms with Crippen molar-refractivity contribution in [1.29, 1.82) is 0 Å². The van der Waals surface area contributed by atoms with Gasteiger partial charge in [0.15, 0.2) is 0 Å². The van der Waals surface area contributed by atoms with Gasteiger partial charge in [0.1, 0.15) is 17.3 Å². The Morgan fingerprint density at radius 3 is 2.35 bits per heavy atom. The van der Waals surface area contributed by atoms with Gasteiger partial charge < -0.3 is 9.30 Å². The number of carbonyl (C=O) groups is 1. The minimum atomic E-state index is -2.86. The first-order chi connectivity index (χ1) is 10.8. The van der Waals surface area contributed by atoms with Crippen molar-refractivity contribution < 1.29 is 18.3 Å².